The summed E-state index contributed by atoms with van der Waals surface area (Å²) >= 11 is 5.74. The summed E-state index contributed by atoms with van der Waals surface area (Å²) in [5, 5.41) is 14.1. The third-order valence-electron chi connectivity index (χ3n) is 2.29. The van der Waals surface area contributed by atoms with Crippen LogP contribution in [0.25, 0.3) is 0 Å². The molecular formula is C13H14ClN3O2. The number of carbonyl (C=O) groups excluding carboxylic acids is 2. The Labute approximate surface area is 116 Å². The van der Waals surface area contributed by atoms with Gasteiger partial charge in [0.05, 0.1) is 12.5 Å². The summed E-state index contributed by atoms with van der Waals surface area (Å²) in [5.74, 6) is -0.466. The van der Waals surface area contributed by atoms with E-state index in [1.807, 2.05) is 0 Å². The first-order valence-electron chi connectivity index (χ1n) is 5.76. The molecular weight excluding hydrogens is 266 g/mol. The van der Waals surface area contributed by atoms with Crippen molar-refractivity contribution in [3.8, 4) is 6.07 Å². The van der Waals surface area contributed by atoms with Gasteiger partial charge in [-0.1, -0.05) is 23.7 Å². The summed E-state index contributed by atoms with van der Waals surface area (Å²) in [7, 11) is 0. The van der Waals surface area contributed by atoms with Gasteiger partial charge in [0.2, 0.25) is 11.8 Å². The number of carbonyl (C=O) groups is 2. The molecule has 0 radical (unpaired) electrons. The molecule has 6 heteroatoms. The fraction of sp³-hybridized carbons (Fsp3) is 0.308. The number of hydrogen-bond donors (Lipinski definition) is 2. The standard InChI is InChI=1S/C13H14ClN3O2/c14-11-3-1-10(2-4-11)9-13(19)17-8-7-16-12(18)5-6-15/h1-4H,5,7-9H2,(H,16,18)(H,17,19). The Morgan fingerprint density at radius 1 is 1.11 bits per heavy atom. The van der Waals surface area contributed by atoms with Gasteiger partial charge < -0.3 is 10.6 Å². The highest BCUT2D eigenvalue weighted by atomic mass is 35.5. The number of nitrogens with one attached hydrogen (secondary N) is 2. The van der Waals surface area contributed by atoms with E-state index in [2.05, 4.69) is 10.6 Å². The maximum Gasteiger partial charge on any atom is 0.234 e. The third kappa shape index (κ3) is 6.43. The molecule has 0 saturated carbocycles. The maximum absolute atomic E-state index is 11.6. The number of nitriles is 1. The minimum Gasteiger partial charge on any atom is -0.354 e. The molecule has 0 aliphatic rings. The van der Waals surface area contributed by atoms with Crippen LogP contribution < -0.4 is 10.6 Å². The average molecular weight is 280 g/mol. The van der Waals surface area contributed by atoms with E-state index >= 15 is 0 Å². The van der Waals surface area contributed by atoms with Crippen molar-refractivity contribution in [3.05, 3.63) is 34.9 Å². The van der Waals surface area contributed by atoms with Crippen molar-refractivity contribution in [2.45, 2.75) is 12.8 Å². The maximum atomic E-state index is 11.6. The van der Waals surface area contributed by atoms with E-state index in [4.69, 9.17) is 16.9 Å². The van der Waals surface area contributed by atoms with Crippen LogP contribution in [-0.4, -0.2) is 24.9 Å². The predicted octanol–water partition coefficient (Wildman–Crippen LogP) is 1.03. The highest BCUT2D eigenvalue weighted by molar-refractivity contribution is 6.30. The van der Waals surface area contributed by atoms with Crippen LogP contribution in [0.2, 0.25) is 5.02 Å². The topological polar surface area (TPSA) is 82.0 Å². The lowest BCUT2D eigenvalue weighted by Gasteiger charge is -2.06. The van der Waals surface area contributed by atoms with Crippen LogP contribution in [0.1, 0.15) is 12.0 Å². The molecule has 0 saturated heterocycles. The van der Waals surface area contributed by atoms with E-state index < -0.39 is 0 Å². The Morgan fingerprint density at radius 3 is 2.26 bits per heavy atom. The van der Waals surface area contributed by atoms with Crippen molar-refractivity contribution in [1.82, 2.24) is 10.6 Å². The zero-order valence-electron chi connectivity index (χ0n) is 10.3. The van der Waals surface area contributed by atoms with Crippen molar-refractivity contribution in [2.75, 3.05) is 13.1 Å². The number of rotatable bonds is 6. The van der Waals surface area contributed by atoms with E-state index in [1.165, 1.54) is 0 Å². The van der Waals surface area contributed by atoms with Crippen LogP contribution >= 0.6 is 11.6 Å². The highest BCUT2D eigenvalue weighted by Crippen LogP contribution is 2.09. The first-order valence-corrected chi connectivity index (χ1v) is 6.14. The lowest BCUT2D eigenvalue weighted by Crippen LogP contribution is -2.35. The Balaban J connectivity index is 2.20. The van der Waals surface area contributed by atoms with Gasteiger partial charge in [-0.15, -0.1) is 0 Å². The van der Waals surface area contributed by atoms with E-state index in [0.717, 1.165) is 5.56 Å². The van der Waals surface area contributed by atoms with Crippen LogP contribution in [0.15, 0.2) is 24.3 Å². The number of amides is 2. The zero-order chi connectivity index (χ0) is 14.1. The summed E-state index contributed by atoms with van der Waals surface area (Å²) in [6.07, 6.45) is 0.0992. The molecule has 1 rings (SSSR count). The third-order valence-corrected chi connectivity index (χ3v) is 2.54. The lowest BCUT2D eigenvalue weighted by atomic mass is 10.1. The monoisotopic (exact) mass is 279 g/mol. The van der Waals surface area contributed by atoms with E-state index in [0.29, 0.717) is 18.1 Å². The van der Waals surface area contributed by atoms with Gasteiger partial charge in [-0.25, -0.2) is 0 Å². The van der Waals surface area contributed by atoms with Crippen molar-refractivity contribution < 1.29 is 9.59 Å². The average Bonchev–Trinajstić information content (AvgIpc) is 2.38. The molecule has 1 aromatic carbocycles. The largest absolute Gasteiger partial charge is 0.354 e. The summed E-state index contributed by atoms with van der Waals surface area (Å²) in [4.78, 5) is 22.5. The Morgan fingerprint density at radius 2 is 1.68 bits per heavy atom. The van der Waals surface area contributed by atoms with Gasteiger partial charge >= 0.3 is 0 Å². The quantitative estimate of drug-likeness (QED) is 0.763. The normalized spacial score (nSPS) is 9.47. The fourth-order valence-electron chi connectivity index (χ4n) is 1.39. The van der Waals surface area contributed by atoms with E-state index in [9.17, 15) is 9.59 Å². The van der Waals surface area contributed by atoms with Crippen LogP contribution in [0.5, 0.6) is 0 Å². The second kappa shape index (κ2) is 8.11. The van der Waals surface area contributed by atoms with Crippen molar-refractivity contribution in [1.29, 1.82) is 5.26 Å². The SMILES string of the molecule is N#CCC(=O)NCCNC(=O)Cc1ccc(Cl)cc1. The van der Waals surface area contributed by atoms with E-state index in [-0.39, 0.29) is 24.7 Å². The van der Waals surface area contributed by atoms with Crippen molar-refractivity contribution in [3.63, 3.8) is 0 Å². The first kappa shape index (κ1) is 15.0. The smallest absolute Gasteiger partial charge is 0.234 e. The van der Waals surface area contributed by atoms with Gasteiger partial charge in [-0.3, -0.25) is 9.59 Å². The Hall–Kier alpha value is -2.06. The second-order valence-electron chi connectivity index (χ2n) is 3.84. The molecule has 2 amide bonds. The van der Waals surface area contributed by atoms with Gasteiger partial charge in [-0.2, -0.15) is 5.26 Å². The Bertz CT molecular complexity index is 480. The first-order chi connectivity index (χ1) is 9.11. The molecule has 0 fully saturated rings. The molecule has 19 heavy (non-hydrogen) atoms. The molecule has 0 aromatic heterocycles. The van der Waals surface area contributed by atoms with Gasteiger partial charge in [0, 0.05) is 18.1 Å². The molecule has 2 N–H and O–H groups in total. The molecule has 0 atom stereocenters. The fourth-order valence-corrected chi connectivity index (χ4v) is 1.51. The summed E-state index contributed by atoms with van der Waals surface area (Å²) in [6.45, 7) is 0.649. The van der Waals surface area contributed by atoms with Gasteiger partial charge in [0.15, 0.2) is 0 Å². The molecule has 0 aliphatic carbocycles. The zero-order valence-corrected chi connectivity index (χ0v) is 11.0. The summed E-state index contributed by atoms with van der Waals surface area (Å²) in [6, 6.07) is 8.78. The van der Waals surface area contributed by atoms with Crippen molar-refractivity contribution in [2.24, 2.45) is 0 Å². The molecule has 0 spiro atoms. The van der Waals surface area contributed by atoms with Crippen molar-refractivity contribution >= 4 is 23.4 Å². The van der Waals surface area contributed by atoms with Crippen LogP contribution in [0.3, 0.4) is 0 Å². The minimum atomic E-state index is -0.338. The second-order valence-corrected chi connectivity index (χ2v) is 4.27. The lowest BCUT2D eigenvalue weighted by molar-refractivity contribution is -0.122. The molecule has 0 unspecified atom stereocenters. The summed E-state index contributed by atoms with van der Waals surface area (Å²) in [5.41, 5.74) is 0.871. The van der Waals surface area contributed by atoms with Crippen LogP contribution in [0, 0.1) is 11.3 Å². The van der Waals surface area contributed by atoms with Crippen LogP contribution in [-0.2, 0) is 16.0 Å². The summed E-state index contributed by atoms with van der Waals surface area (Å²) < 4.78 is 0. The number of benzene rings is 1. The highest BCUT2D eigenvalue weighted by Gasteiger charge is 2.03. The number of hydrogen-bond acceptors (Lipinski definition) is 3. The van der Waals surface area contributed by atoms with Gasteiger partial charge in [0.25, 0.3) is 0 Å². The molecule has 0 aliphatic heterocycles. The molecule has 5 nitrogen and oxygen atoms in total. The van der Waals surface area contributed by atoms with Crippen LogP contribution in [0.4, 0.5) is 0 Å². The van der Waals surface area contributed by atoms with Gasteiger partial charge in [-0.05, 0) is 17.7 Å². The minimum absolute atomic E-state index is 0.128. The number of nitrogens with zero attached hydrogens (tertiary/aromatic N) is 1. The predicted molar refractivity (Wildman–Crippen MR) is 71.4 cm³/mol. The molecule has 0 bridgehead atoms. The number of halogens is 1. The Kier molecular flexibility index (Phi) is 6.41. The van der Waals surface area contributed by atoms with Gasteiger partial charge in [0.1, 0.15) is 6.42 Å². The van der Waals surface area contributed by atoms with E-state index in [1.54, 1.807) is 30.3 Å². The molecule has 0 heterocycles. The molecule has 1 aromatic rings. The molecule has 100 valence electrons.